The van der Waals surface area contributed by atoms with Crippen LogP contribution in [0.2, 0.25) is 0 Å². The maximum atomic E-state index is 14.5. The van der Waals surface area contributed by atoms with E-state index in [1.165, 1.54) is 0 Å². The molecule has 2 aromatic carbocycles. The zero-order valence-corrected chi connectivity index (χ0v) is 14.9. The van der Waals surface area contributed by atoms with Gasteiger partial charge in [0.15, 0.2) is 17.4 Å². The van der Waals surface area contributed by atoms with Crippen molar-refractivity contribution in [3.05, 3.63) is 47.3 Å². The fourth-order valence-electron chi connectivity index (χ4n) is 3.40. The van der Waals surface area contributed by atoms with E-state index < -0.39 is 23.2 Å². The van der Waals surface area contributed by atoms with E-state index in [4.69, 9.17) is 5.84 Å². The zero-order chi connectivity index (χ0) is 18.8. The van der Waals surface area contributed by atoms with Crippen LogP contribution in [0.15, 0.2) is 24.3 Å². The molecule has 1 heterocycles. The van der Waals surface area contributed by atoms with Crippen molar-refractivity contribution in [2.24, 2.45) is 5.84 Å². The van der Waals surface area contributed by atoms with Crippen molar-refractivity contribution >= 4 is 17.1 Å². The van der Waals surface area contributed by atoms with E-state index in [-0.39, 0.29) is 5.69 Å². The van der Waals surface area contributed by atoms with Crippen LogP contribution in [0, 0.1) is 24.4 Å². The number of anilines is 3. The summed E-state index contributed by atoms with van der Waals surface area (Å²) in [4.78, 5) is 2.17. The van der Waals surface area contributed by atoms with Crippen molar-refractivity contribution < 1.29 is 17.9 Å². The second-order valence-electron chi connectivity index (χ2n) is 6.40. The number of rotatable bonds is 4. The van der Waals surface area contributed by atoms with Gasteiger partial charge in [0.05, 0.1) is 24.2 Å². The number of para-hydroxylation sites is 1. The predicted octanol–water partition coefficient (Wildman–Crippen LogP) is 4.42. The van der Waals surface area contributed by atoms with Gasteiger partial charge < -0.3 is 9.64 Å². The van der Waals surface area contributed by atoms with Gasteiger partial charge in [0, 0.05) is 19.2 Å². The summed E-state index contributed by atoms with van der Waals surface area (Å²) in [5, 5.41) is 1.01. The molecular weight excluding hydrogens is 343 g/mol. The number of nitrogens with two attached hydrogens (primary N) is 1. The minimum Gasteiger partial charge on any atom is -0.491 e. The first kappa shape index (κ1) is 18.4. The number of halogens is 3. The topological polar surface area (TPSA) is 41.7 Å². The summed E-state index contributed by atoms with van der Waals surface area (Å²) in [6.07, 6.45) is 3.27. The van der Waals surface area contributed by atoms with Crippen molar-refractivity contribution in [1.29, 1.82) is 0 Å². The average molecular weight is 365 g/mol. The molecule has 0 aliphatic carbocycles. The Hall–Kier alpha value is -2.41. The van der Waals surface area contributed by atoms with E-state index >= 15 is 0 Å². The lowest BCUT2D eigenvalue weighted by molar-refractivity contribution is 0.347. The monoisotopic (exact) mass is 365 g/mol. The summed E-state index contributed by atoms with van der Waals surface area (Å²) < 4.78 is 47.3. The molecule has 0 aromatic heterocycles. The number of piperidine rings is 1. The van der Waals surface area contributed by atoms with E-state index in [1.807, 2.05) is 25.1 Å². The van der Waals surface area contributed by atoms with Crippen LogP contribution in [0.5, 0.6) is 5.75 Å². The van der Waals surface area contributed by atoms with E-state index in [0.29, 0.717) is 5.69 Å². The summed E-state index contributed by atoms with van der Waals surface area (Å²) in [6, 6.07) is 6.46. The molecule has 0 radical (unpaired) electrons. The summed E-state index contributed by atoms with van der Waals surface area (Å²) in [7, 11) is 1.08. The molecule has 0 amide bonds. The Morgan fingerprint density at radius 3 is 2.42 bits per heavy atom. The van der Waals surface area contributed by atoms with E-state index in [2.05, 4.69) is 9.64 Å². The van der Waals surface area contributed by atoms with Crippen molar-refractivity contribution in [2.75, 3.05) is 30.1 Å². The second kappa shape index (κ2) is 7.45. The third-order valence-electron chi connectivity index (χ3n) is 4.72. The van der Waals surface area contributed by atoms with Crippen LogP contribution >= 0.6 is 0 Å². The highest BCUT2D eigenvalue weighted by atomic mass is 19.2. The zero-order valence-electron chi connectivity index (χ0n) is 14.9. The number of hydrogen-bond donors (Lipinski definition) is 1. The van der Waals surface area contributed by atoms with Crippen LogP contribution in [-0.2, 0) is 0 Å². The number of ether oxygens (including phenoxy) is 1. The quantitative estimate of drug-likeness (QED) is 0.495. The lowest BCUT2D eigenvalue weighted by Gasteiger charge is -2.34. The number of nitrogens with zero attached hydrogens (tertiary/aromatic N) is 2. The highest BCUT2D eigenvalue weighted by Crippen LogP contribution is 2.39. The van der Waals surface area contributed by atoms with E-state index in [1.54, 1.807) is 0 Å². The molecule has 0 spiro atoms. The normalized spacial score (nSPS) is 14.5. The molecule has 3 rings (SSSR count). The minimum atomic E-state index is -1.40. The fraction of sp³-hybridized carbons (Fsp3) is 0.368. The number of aryl methyl sites for hydroxylation is 1. The SMILES string of the molecule is COc1c(F)cc(N(N)c2c(C)cccc2N2CCCCC2)c(F)c1F. The molecule has 7 heteroatoms. The standard InChI is InChI=1S/C19H22F3N3O/c1-12-7-6-8-14(24-9-4-3-5-10-24)18(12)25(23)15-11-13(20)19(26-2)17(22)16(15)21/h6-8,11H,3-5,9-10,23H2,1-2H3. The number of benzene rings is 2. The van der Waals surface area contributed by atoms with Gasteiger partial charge in [0.25, 0.3) is 0 Å². The van der Waals surface area contributed by atoms with Crippen LogP contribution in [0.25, 0.3) is 0 Å². The van der Waals surface area contributed by atoms with E-state index in [9.17, 15) is 13.2 Å². The van der Waals surface area contributed by atoms with Gasteiger partial charge >= 0.3 is 0 Å². The molecule has 0 atom stereocenters. The summed E-state index contributed by atoms with van der Waals surface area (Å²) in [6.45, 7) is 3.55. The highest BCUT2D eigenvalue weighted by molar-refractivity contribution is 5.80. The van der Waals surface area contributed by atoms with Gasteiger partial charge in [-0.05, 0) is 37.8 Å². The molecular formula is C19H22F3N3O. The lowest BCUT2D eigenvalue weighted by atomic mass is 10.1. The van der Waals surface area contributed by atoms with Gasteiger partial charge in [-0.1, -0.05) is 12.1 Å². The Balaban J connectivity index is 2.10. The van der Waals surface area contributed by atoms with Gasteiger partial charge in [-0.3, -0.25) is 5.01 Å². The maximum absolute atomic E-state index is 14.5. The van der Waals surface area contributed by atoms with Gasteiger partial charge in [0.1, 0.15) is 0 Å². The molecule has 140 valence electrons. The number of hydrogen-bond acceptors (Lipinski definition) is 4. The molecule has 26 heavy (non-hydrogen) atoms. The van der Waals surface area contributed by atoms with Gasteiger partial charge in [-0.25, -0.2) is 14.6 Å². The molecule has 1 fully saturated rings. The molecule has 0 saturated carbocycles. The molecule has 1 aliphatic heterocycles. The molecule has 2 N–H and O–H groups in total. The largest absolute Gasteiger partial charge is 0.491 e. The highest BCUT2D eigenvalue weighted by Gasteiger charge is 2.26. The third kappa shape index (κ3) is 3.19. The number of hydrazine groups is 1. The molecule has 2 aromatic rings. The third-order valence-corrected chi connectivity index (χ3v) is 4.72. The van der Waals surface area contributed by atoms with Crippen LogP contribution in [0.1, 0.15) is 24.8 Å². The smallest absolute Gasteiger partial charge is 0.205 e. The Morgan fingerprint density at radius 1 is 1.08 bits per heavy atom. The predicted molar refractivity (Wildman–Crippen MR) is 96.4 cm³/mol. The average Bonchev–Trinajstić information content (AvgIpc) is 2.65. The molecule has 1 aliphatic rings. The Labute approximate surface area is 150 Å². The van der Waals surface area contributed by atoms with Crippen LogP contribution in [-0.4, -0.2) is 20.2 Å². The van der Waals surface area contributed by atoms with Crippen molar-refractivity contribution in [3.63, 3.8) is 0 Å². The van der Waals surface area contributed by atoms with Crippen LogP contribution in [0.4, 0.5) is 30.2 Å². The first-order valence-corrected chi connectivity index (χ1v) is 8.56. The Bertz CT molecular complexity index is 807. The van der Waals surface area contributed by atoms with Crippen LogP contribution in [0.3, 0.4) is 0 Å². The number of methoxy groups -OCH3 is 1. The lowest BCUT2D eigenvalue weighted by Crippen LogP contribution is -2.34. The molecule has 0 bridgehead atoms. The first-order chi connectivity index (χ1) is 12.5. The van der Waals surface area contributed by atoms with Crippen molar-refractivity contribution in [3.8, 4) is 5.75 Å². The molecule has 4 nitrogen and oxygen atoms in total. The Kier molecular flexibility index (Phi) is 5.27. The molecule has 0 unspecified atom stereocenters. The van der Waals surface area contributed by atoms with Gasteiger partial charge in [0.2, 0.25) is 5.82 Å². The summed E-state index contributed by atoms with van der Waals surface area (Å²) in [5.41, 5.74) is 1.75. The van der Waals surface area contributed by atoms with Crippen molar-refractivity contribution in [1.82, 2.24) is 0 Å². The summed E-state index contributed by atoms with van der Waals surface area (Å²) in [5.74, 6) is 1.73. The maximum Gasteiger partial charge on any atom is 0.205 e. The first-order valence-electron chi connectivity index (χ1n) is 8.56. The van der Waals surface area contributed by atoms with Gasteiger partial charge in [-0.2, -0.15) is 4.39 Å². The fourth-order valence-corrected chi connectivity index (χ4v) is 3.40. The van der Waals surface area contributed by atoms with Gasteiger partial charge in [-0.15, -0.1) is 0 Å². The molecule has 1 saturated heterocycles. The minimum absolute atomic E-state index is 0.381. The van der Waals surface area contributed by atoms with E-state index in [0.717, 1.165) is 61.8 Å². The second-order valence-corrected chi connectivity index (χ2v) is 6.40. The van der Waals surface area contributed by atoms with Crippen molar-refractivity contribution in [2.45, 2.75) is 26.2 Å². The Morgan fingerprint density at radius 2 is 1.77 bits per heavy atom. The summed E-state index contributed by atoms with van der Waals surface area (Å²) >= 11 is 0. The van der Waals surface area contributed by atoms with Crippen LogP contribution < -0.4 is 20.5 Å².